The molecule has 1 atom stereocenters. The molecule has 0 spiro atoms. The molecule has 1 aromatic rings. The van der Waals surface area contributed by atoms with Crippen molar-refractivity contribution in [3.63, 3.8) is 0 Å². The molecule has 0 radical (unpaired) electrons. The van der Waals surface area contributed by atoms with E-state index in [1.165, 1.54) is 0 Å². The molecule has 16 heavy (non-hydrogen) atoms. The van der Waals surface area contributed by atoms with Gasteiger partial charge in [0, 0.05) is 13.0 Å². The highest BCUT2D eigenvalue weighted by molar-refractivity contribution is 5.02. The molecular formula is C11H19N3O2. The number of aliphatic hydroxyl groups is 1. The van der Waals surface area contributed by atoms with Crippen molar-refractivity contribution in [2.45, 2.75) is 38.7 Å². The zero-order valence-electron chi connectivity index (χ0n) is 9.86. The van der Waals surface area contributed by atoms with Gasteiger partial charge in [-0.2, -0.15) is 4.98 Å². The van der Waals surface area contributed by atoms with Crippen LogP contribution >= 0.6 is 0 Å². The molecule has 0 amide bonds. The normalized spacial score (nSPS) is 26.2. The molecule has 1 aliphatic heterocycles. The summed E-state index contributed by atoms with van der Waals surface area (Å²) in [5, 5.41) is 17.4. The van der Waals surface area contributed by atoms with Gasteiger partial charge in [0.15, 0.2) is 11.4 Å². The number of hydrogen-bond acceptors (Lipinski definition) is 5. The zero-order valence-corrected chi connectivity index (χ0v) is 9.86. The van der Waals surface area contributed by atoms with Crippen molar-refractivity contribution in [2.24, 2.45) is 5.92 Å². The summed E-state index contributed by atoms with van der Waals surface area (Å²) < 4.78 is 5.16. The van der Waals surface area contributed by atoms with Gasteiger partial charge < -0.3 is 14.9 Å². The van der Waals surface area contributed by atoms with E-state index in [1.807, 2.05) is 0 Å². The first kappa shape index (κ1) is 11.5. The minimum absolute atomic E-state index is 0.357. The number of rotatable bonds is 3. The summed E-state index contributed by atoms with van der Waals surface area (Å²) in [7, 11) is 0. The average molecular weight is 225 g/mol. The Hall–Kier alpha value is -0.940. The second kappa shape index (κ2) is 4.51. The highest BCUT2D eigenvalue weighted by atomic mass is 16.5. The van der Waals surface area contributed by atoms with Crippen LogP contribution < -0.4 is 5.32 Å². The number of nitrogens with zero attached hydrogens (tertiary/aromatic N) is 2. The van der Waals surface area contributed by atoms with E-state index >= 15 is 0 Å². The Morgan fingerprint density at radius 1 is 1.56 bits per heavy atom. The van der Waals surface area contributed by atoms with Crippen LogP contribution in [0.4, 0.5) is 0 Å². The topological polar surface area (TPSA) is 71.2 Å². The number of β-amino-alcohol motifs (C(OH)–C–C–N with tert-alkyl or cyclic N) is 1. The van der Waals surface area contributed by atoms with E-state index in [0.29, 0.717) is 30.6 Å². The summed E-state index contributed by atoms with van der Waals surface area (Å²) in [5.74, 6) is 1.53. The maximum absolute atomic E-state index is 10.3. The zero-order chi connectivity index (χ0) is 11.6. The standard InChI is InChI=1S/C11H19N3O2/c1-8(2)6-9-13-10(16-14-9)11(15)4-3-5-12-7-11/h8,12,15H,3-7H2,1-2H3. The molecule has 0 saturated carbocycles. The van der Waals surface area contributed by atoms with E-state index in [1.54, 1.807) is 0 Å². The van der Waals surface area contributed by atoms with Crippen molar-refractivity contribution >= 4 is 0 Å². The lowest BCUT2D eigenvalue weighted by molar-refractivity contribution is -0.0167. The summed E-state index contributed by atoms with van der Waals surface area (Å²) >= 11 is 0. The highest BCUT2D eigenvalue weighted by Gasteiger charge is 2.36. The molecule has 2 N–H and O–H groups in total. The van der Waals surface area contributed by atoms with Gasteiger partial charge in [-0.15, -0.1) is 0 Å². The van der Waals surface area contributed by atoms with E-state index < -0.39 is 5.60 Å². The maximum atomic E-state index is 10.3. The number of aromatic nitrogens is 2. The molecule has 5 heteroatoms. The van der Waals surface area contributed by atoms with Crippen molar-refractivity contribution < 1.29 is 9.63 Å². The molecule has 1 aromatic heterocycles. The molecule has 2 rings (SSSR count). The monoisotopic (exact) mass is 225 g/mol. The van der Waals surface area contributed by atoms with Gasteiger partial charge in [-0.05, 0) is 25.3 Å². The molecule has 1 unspecified atom stereocenters. The van der Waals surface area contributed by atoms with Crippen molar-refractivity contribution in [3.8, 4) is 0 Å². The molecule has 1 aliphatic rings. The molecule has 1 saturated heterocycles. The molecule has 0 aromatic carbocycles. The van der Waals surface area contributed by atoms with Gasteiger partial charge in [-0.25, -0.2) is 0 Å². The fraction of sp³-hybridized carbons (Fsp3) is 0.818. The van der Waals surface area contributed by atoms with Crippen LogP contribution in [0, 0.1) is 5.92 Å². The Morgan fingerprint density at radius 3 is 3.00 bits per heavy atom. The van der Waals surface area contributed by atoms with Gasteiger partial charge in [-0.3, -0.25) is 0 Å². The molecule has 5 nitrogen and oxygen atoms in total. The van der Waals surface area contributed by atoms with E-state index in [0.717, 1.165) is 19.4 Å². The average Bonchev–Trinajstić information content (AvgIpc) is 2.67. The minimum atomic E-state index is -0.972. The summed E-state index contributed by atoms with van der Waals surface area (Å²) in [4.78, 5) is 4.28. The Morgan fingerprint density at radius 2 is 2.38 bits per heavy atom. The van der Waals surface area contributed by atoms with Crippen molar-refractivity contribution in [1.82, 2.24) is 15.5 Å². The third-order valence-corrected chi connectivity index (χ3v) is 2.82. The number of piperidine rings is 1. The lowest BCUT2D eigenvalue weighted by Gasteiger charge is -2.28. The van der Waals surface area contributed by atoms with Crippen molar-refractivity contribution in [2.75, 3.05) is 13.1 Å². The fourth-order valence-corrected chi connectivity index (χ4v) is 1.96. The number of nitrogens with one attached hydrogen (secondary N) is 1. The van der Waals surface area contributed by atoms with Crippen LogP contribution in [0.3, 0.4) is 0 Å². The Labute approximate surface area is 95.2 Å². The Kier molecular flexibility index (Phi) is 3.25. The van der Waals surface area contributed by atoms with Crippen LogP contribution in [0.1, 0.15) is 38.4 Å². The van der Waals surface area contributed by atoms with Crippen LogP contribution in [-0.2, 0) is 12.0 Å². The van der Waals surface area contributed by atoms with E-state index in [2.05, 4.69) is 29.3 Å². The van der Waals surface area contributed by atoms with Crippen LogP contribution in [-0.4, -0.2) is 28.3 Å². The van der Waals surface area contributed by atoms with Gasteiger partial charge >= 0.3 is 0 Å². The van der Waals surface area contributed by atoms with Gasteiger partial charge in [0.1, 0.15) is 0 Å². The first-order valence-corrected chi connectivity index (χ1v) is 5.86. The first-order valence-electron chi connectivity index (χ1n) is 5.86. The van der Waals surface area contributed by atoms with E-state index in [4.69, 9.17) is 4.52 Å². The summed E-state index contributed by atoms with van der Waals surface area (Å²) in [5.41, 5.74) is -0.972. The molecule has 0 bridgehead atoms. The summed E-state index contributed by atoms with van der Waals surface area (Å²) in [6.45, 7) is 5.64. The van der Waals surface area contributed by atoms with Crippen LogP contribution in [0.5, 0.6) is 0 Å². The second-order valence-corrected chi connectivity index (χ2v) is 4.93. The van der Waals surface area contributed by atoms with E-state index in [-0.39, 0.29) is 0 Å². The third-order valence-electron chi connectivity index (χ3n) is 2.82. The van der Waals surface area contributed by atoms with Gasteiger partial charge in [0.25, 0.3) is 5.89 Å². The van der Waals surface area contributed by atoms with Crippen LogP contribution in [0.2, 0.25) is 0 Å². The molecule has 2 heterocycles. The van der Waals surface area contributed by atoms with E-state index in [9.17, 15) is 5.11 Å². The SMILES string of the molecule is CC(C)Cc1noc(C2(O)CCCNC2)n1. The predicted molar refractivity (Wildman–Crippen MR) is 58.8 cm³/mol. The lowest BCUT2D eigenvalue weighted by atomic mass is 9.94. The van der Waals surface area contributed by atoms with Crippen LogP contribution in [0.15, 0.2) is 4.52 Å². The molecule has 1 fully saturated rings. The van der Waals surface area contributed by atoms with Crippen molar-refractivity contribution in [1.29, 1.82) is 0 Å². The fourth-order valence-electron chi connectivity index (χ4n) is 1.96. The van der Waals surface area contributed by atoms with Crippen molar-refractivity contribution in [3.05, 3.63) is 11.7 Å². The minimum Gasteiger partial charge on any atom is -0.379 e. The second-order valence-electron chi connectivity index (χ2n) is 4.93. The van der Waals surface area contributed by atoms with Gasteiger partial charge in [0.2, 0.25) is 0 Å². The molecule has 0 aliphatic carbocycles. The summed E-state index contributed by atoms with van der Waals surface area (Å²) in [6.07, 6.45) is 2.40. The largest absolute Gasteiger partial charge is 0.379 e. The summed E-state index contributed by atoms with van der Waals surface area (Å²) in [6, 6.07) is 0. The number of hydrogen-bond donors (Lipinski definition) is 2. The smallest absolute Gasteiger partial charge is 0.259 e. The van der Waals surface area contributed by atoms with Crippen LogP contribution in [0.25, 0.3) is 0 Å². The quantitative estimate of drug-likeness (QED) is 0.797. The molecular weight excluding hydrogens is 206 g/mol. The predicted octanol–water partition coefficient (Wildman–Crippen LogP) is 0.839. The molecule has 90 valence electrons. The van der Waals surface area contributed by atoms with Gasteiger partial charge in [-0.1, -0.05) is 19.0 Å². The Balaban J connectivity index is 2.10. The maximum Gasteiger partial charge on any atom is 0.259 e. The van der Waals surface area contributed by atoms with Gasteiger partial charge in [0.05, 0.1) is 0 Å². The lowest BCUT2D eigenvalue weighted by Crippen LogP contribution is -2.43. The first-order chi connectivity index (χ1) is 7.60. The highest BCUT2D eigenvalue weighted by Crippen LogP contribution is 2.26. The Bertz CT molecular complexity index is 343. The third kappa shape index (κ3) is 2.41.